The summed E-state index contributed by atoms with van der Waals surface area (Å²) in [5, 5.41) is 0.632. The number of methoxy groups -OCH3 is 1. The normalized spacial score (nSPS) is 12.4. The maximum atomic E-state index is 11.9. The number of ether oxygens (including phenoxy) is 1. The molecule has 0 bridgehead atoms. The molecule has 0 aliphatic heterocycles. The highest BCUT2D eigenvalue weighted by Crippen LogP contribution is 2.18. The van der Waals surface area contributed by atoms with Gasteiger partial charge in [-0.3, -0.25) is 4.79 Å². The number of nitrogens with two attached hydrogens (primary N) is 1. The molecule has 0 aromatic heterocycles. The summed E-state index contributed by atoms with van der Waals surface area (Å²) >= 11 is 6.09. The van der Waals surface area contributed by atoms with Gasteiger partial charge in [-0.15, -0.1) is 0 Å². The molecule has 0 fully saturated rings. The van der Waals surface area contributed by atoms with Gasteiger partial charge in [0.15, 0.2) is 5.78 Å². The van der Waals surface area contributed by atoms with Crippen molar-refractivity contribution < 1.29 is 9.53 Å². The van der Waals surface area contributed by atoms with E-state index in [9.17, 15) is 4.79 Å². The van der Waals surface area contributed by atoms with Crippen LogP contribution in [-0.2, 0) is 16.0 Å². The molecule has 0 heterocycles. The van der Waals surface area contributed by atoms with E-state index in [-0.39, 0.29) is 5.78 Å². The zero-order chi connectivity index (χ0) is 13.5. The predicted molar refractivity (Wildman–Crippen MR) is 74.0 cm³/mol. The molecule has 0 aliphatic carbocycles. The lowest BCUT2D eigenvalue weighted by atomic mass is 10.0. The summed E-state index contributed by atoms with van der Waals surface area (Å²) in [5.74, 6) is 0.0249. The van der Waals surface area contributed by atoms with Crippen molar-refractivity contribution in [3.8, 4) is 0 Å². The molecule has 1 aromatic carbocycles. The number of hydrogen-bond donors (Lipinski definition) is 1. The fraction of sp³-hybridized carbons (Fsp3) is 0.500. The lowest BCUT2D eigenvalue weighted by molar-refractivity contribution is -0.119. The maximum Gasteiger partial charge on any atom is 0.153 e. The minimum absolute atomic E-state index is 0.0249. The second-order valence-corrected chi connectivity index (χ2v) is 4.89. The van der Waals surface area contributed by atoms with Gasteiger partial charge in [0.2, 0.25) is 0 Å². The van der Waals surface area contributed by atoms with Crippen LogP contribution in [0.4, 0.5) is 0 Å². The summed E-state index contributed by atoms with van der Waals surface area (Å²) in [6.45, 7) is 2.60. The average Bonchev–Trinajstić information content (AvgIpc) is 2.32. The van der Waals surface area contributed by atoms with E-state index < -0.39 is 6.04 Å². The molecule has 1 unspecified atom stereocenters. The van der Waals surface area contributed by atoms with E-state index in [0.29, 0.717) is 24.5 Å². The molecule has 0 saturated carbocycles. The van der Waals surface area contributed by atoms with Crippen LogP contribution in [0.1, 0.15) is 24.0 Å². The van der Waals surface area contributed by atoms with E-state index in [0.717, 1.165) is 17.5 Å². The summed E-state index contributed by atoms with van der Waals surface area (Å²) < 4.78 is 4.93. The van der Waals surface area contributed by atoms with Crippen molar-refractivity contribution in [1.29, 1.82) is 0 Å². The summed E-state index contributed by atoms with van der Waals surface area (Å²) in [7, 11) is 1.64. The van der Waals surface area contributed by atoms with Crippen LogP contribution in [-0.4, -0.2) is 25.5 Å². The topological polar surface area (TPSA) is 52.3 Å². The standard InChI is InChI=1S/C14H20ClNO2/c1-10-5-6-11(12(15)8-10)9-14(17)13(16)4-3-7-18-2/h5-6,8,13H,3-4,7,9,16H2,1-2H3. The number of Topliss-reactive ketones (excluding diaryl/α,β-unsaturated/α-hetero) is 1. The lowest BCUT2D eigenvalue weighted by Crippen LogP contribution is -2.32. The van der Waals surface area contributed by atoms with Crippen LogP contribution >= 0.6 is 11.6 Å². The van der Waals surface area contributed by atoms with Crippen LogP contribution < -0.4 is 5.73 Å². The lowest BCUT2D eigenvalue weighted by Gasteiger charge is -2.11. The zero-order valence-corrected chi connectivity index (χ0v) is 11.7. The monoisotopic (exact) mass is 269 g/mol. The minimum Gasteiger partial charge on any atom is -0.385 e. The summed E-state index contributed by atoms with van der Waals surface area (Å²) in [5.41, 5.74) is 7.76. The first-order valence-corrected chi connectivity index (χ1v) is 6.44. The van der Waals surface area contributed by atoms with Crippen molar-refractivity contribution in [2.24, 2.45) is 5.73 Å². The number of rotatable bonds is 7. The number of ketones is 1. The van der Waals surface area contributed by atoms with Crippen molar-refractivity contribution in [3.05, 3.63) is 34.3 Å². The third-order valence-electron chi connectivity index (χ3n) is 2.85. The first-order chi connectivity index (χ1) is 8.54. The molecule has 1 rings (SSSR count). The molecular weight excluding hydrogens is 250 g/mol. The second kappa shape index (κ2) is 7.52. The molecule has 0 aliphatic rings. The summed E-state index contributed by atoms with van der Waals surface area (Å²) in [6, 6.07) is 5.26. The highest BCUT2D eigenvalue weighted by Gasteiger charge is 2.15. The fourth-order valence-corrected chi connectivity index (χ4v) is 2.02. The van der Waals surface area contributed by atoms with Gasteiger partial charge in [0.25, 0.3) is 0 Å². The Balaban J connectivity index is 2.53. The number of hydrogen-bond acceptors (Lipinski definition) is 3. The SMILES string of the molecule is COCCCC(N)C(=O)Cc1ccc(C)cc1Cl. The third-order valence-corrected chi connectivity index (χ3v) is 3.20. The first kappa shape index (κ1) is 15.2. The van der Waals surface area contributed by atoms with Gasteiger partial charge in [-0.2, -0.15) is 0 Å². The molecule has 100 valence electrons. The summed E-state index contributed by atoms with van der Waals surface area (Å²) in [4.78, 5) is 11.9. The van der Waals surface area contributed by atoms with Crippen molar-refractivity contribution in [2.75, 3.05) is 13.7 Å². The van der Waals surface area contributed by atoms with Gasteiger partial charge in [0, 0.05) is 25.2 Å². The molecule has 3 nitrogen and oxygen atoms in total. The van der Waals surface area contributed by atoms with Gasteiger partial charge in [-0.25, -0.2) is 0 Å². The van der Waals surface area contributed by atoms with Gasteiger partial charge in [0.05, 0.1) is 6.04 Å². The second-order valence-electron chi connectivity index (χ2n) is 4.48. The molecular formula is C14H20ClNO2. The largest absolute Gasteiger partial charge is 0.385 e. The Morgan fingerprint density at radius 1 is 1.50 bits per heavy atom. The smallest absolute Gasteiger partial charge is 0.153 e. The van der Waals surface area contributed by atoms with Crippen LogP contribution in [0.15, 0.2) is 18.2 Å². The zero-order valence-electron chi connectivity index (χ0n) is 10.9. The van der Waals surface area contributed by atoms with Gasteiger partial charge < -0.3 is 10.5 Å². The molecule has 0 saturated heterocycles. The molecule has 0 amide bonds. The number of carbonyl (C=O) groups is 1. The van der Waals surface area contributed by atoms with Gasteiger partial charge in [-0.1, -0.05) is 23.7 Å². The van der Waals surface area contributed by atoms with Crippen LogP contribution in [0, 0.1) is 6.92 Å². The highest BCUT2D eigenvalue weighted by molar-refractivity contribution is 6.31. The summed E-state index contributed by atoms with van der Waals surface area (Å²) in [6.07, 6.45) is 1.74. The minimum atomic E-state index is -0.433. The Labute approximate surface area is 113 Å². The van der Waals surface area contributed by atoms with E-state index in [4.69, 9.17) is 22.1 Å². The van der Waals surface area contributed by atoms with E-state index >= 15 is 0 Å². The van der Waals surface area contributed by atoms with E-state index in [1.165, 1.54) is 0 Å². The average molecular weight is 270 g/mol. The van der Waals surface area contributed by atoms with Crippen molar-refractivity contribution in [2.45, 2.75) is 32.2 Å². The number of benzene rings is 1. The Morgan fingerprint density at radius 3 is 2.83 bits per heavy atom. The Morgan fingerprint density at radius 2 is 2.22 bits per heavy atom. The van der Waals surface area contributed by atoms with Gasteiger partial charge >= 0.3 is 0 Å². The van der Waals surface area contributed by atoms with Gasteiger partial charge in [-0.05, 0) is 37.0 Å². The molecule has 1 aromatic rings. The molecule has 18 heavy (non-hydrogen) atoms. The fourth-order valence-electron chi connectivity index (χ4n) is 1.72. The van der Waals surface area contributed by atoms with Crippen molar-refractivity contribution in [3.63, 3.8) is 0 Å². The molecule has 4 heteroatoms. The number of carbonyl (C=O) groups excluding carboxylic acids is 1. The van der Waals surface area contributed by atoms with Crippen LogP contribution in [0.25, 0.3) is 0 Å². The quantitative estimate of drug-likeness (QED) is 0.774. The maximum absolute atomic E-state index is 11.9. The molecule has 0 radical (unpaired) electrons. The molecule has 2 N–H and O–H groups in total. The number of halogens is 1. The first-order valence-electron chi connectivity index (χ1n) is 6.07. The van der Waals surface area contributed by atoms with Crippen LogP contribution in [0.5, 0.6) is 0 Å². The Hall–Kier alpha value is -0.900. The molecule has 0 spiro atoms. The Bertz CT molecular complexity index is 407. The van der Waals surface area contributed by atoms with E-state index in [1.54, 1.807) is 7.11 Å². The predicted octanol–water partition coefficient (Wildman–Crippen LogP) is 2.51. The third kappa shape index (κ3) is 4.77. The molecule has 1 atom stereocenters. The van der Waals surface area contributed by atoms with E-state index in [2.05, 4.69) is 0 Å². The van der Waals surface area contributed by atoms with Gasteiger partial charge in [0.1, 0.15) is 0 Å². The highest BCUT2D eigenvalue weighted by atomic mass is 35.5. The van der Waals surface area contributed by atoms with Crippen LogP contribution in [0.3, 0.4) is 0 Å². The van der Waals surface area contributed by atoms with Crippen molar-refractivity contribution in [1.82, 2.24) is 0 Å². The van der Waals surface area contributed by atoms with Crippen molar-refractivity contribution >= 4 is 17.4 Å². The van der Waals surface area contributed by atoms with Crippen LogP contribution in [0.2, 0.25) is 5.02 Å². The van der Waals surface area contributed by atoms with E-state index in [1.807, 2.05) is 25.1 Å². The number of aryl methyl sites for hydroxylation is 1. The Kier molecular flexibility index (Phi) is 6.33.